The molecule has 4 nitrogen and oxygen atoms in total. The second kappa shape index (κ2) is 7.10. The Bertz CT molecular complexity index is 372. The minimum atomic E-state index is 0.794. The van der Waals surface area contributed by atoms with E-state index in [4.69, 9.17) is 0 Å². The Labute approximate surface area is 120 Å². The van der Waals surface area contributed by atoms with Gasteiger partial charge in [0.15, 0.2) is 5.82 Å². The van der Waals surface area contributed by atoms with Crippen molar-refractivity contribution in [3.8, 4) is 0 Å². The lowest BCUT2D eigenvalue weighted by Gasteiger charge is -2.35. The molecular formula is C14H24N4S. The van der Waals surface area contributed by atoms with Gasteiger partial charge < -0.3 is 4.90 Å². The highest BCUT2D eigenvalue weighted by Gasteiger charge is 2.18. The molecule has 2 heterocycles. The van der Waals surface area contributed by atoms with Gasteiger partial charge in [-0.2, -0.15) is 0 Å². The van der Waals surface area contributed by atoms with Crippen molar-refractivity contribution < 1.29 is 0 Å². The predicted molar refractivity (Wildman–Crippen MR) is 81.9 cm³/mol. The van der Waals surface area contributed by atoms with E-state index in [0.29, 0.717) is 0 Å². The van der Waals surface area contributed by atoms with Gasteiger partial charge in [-0.1, -0.05) is 13.8 Å². The maximum Gasteiger partial charge on any atom is 0.151 e. The van der Waals surface area contributed by atoms with Crippen molar-refractivity contribution in [1.82, 2.24) is 15.1 Å². The lowest BCUT2D eigenvalue weighted by Crippen LogP contribution is -2.47. The maximum absolute atomic E-state index is 4.31. The molecule has 1 aliphatic rings. The van der Waals surface area contributed by atoms with Crippen LogP contribution in [0.15, 0.2) is 17.2 Å². The van der Waals surface area contributed by atoms with E-state index in [1.165, 1.54) is 13.0 Å². The Morgan fingerprint density at radius 2 is 1.89 bits per heavy atom. The summed E-state index contributed by atoms with van der Waals surface area (Å²) in [6.07, 6.45) is 3.32. The number of rotatable bonds is 5. The van der Waals surface area contributed by atoms with Crippen molar-refractivity contribution in [2.75, 3.05) is 43.9 Å². The minimum absolute atomic E-state index is 0.794. The summed E-state index contributed by atoms with van der Waals surface area (Å²) in [6, 6.07) is 4.14. The first-order chi connectivity index (χ1) is 9.19. The molecule has 1 fully saturated rings. The van der Waals surface area contributed by atoms with E-state index in [1.807, 2.05) is 6.26 Å². The molecule has 1 aliphatic heterocycles. The highest BCUT2D eigenvalue weighted by atomic mass is 32.2. The van der Waals surface area contributed by atoms with Crippen molar-refractivity contribution >= 4 is 17.6 Å². The summed E-state index contributed by atoms with van der Waals surface area (Å²) in [7, 11) is 0. The van der Waals surface area contributed by atoms with E-state index in [1.54, 1.807) is 11.8 Å². The summed E-state index contributed by atoms with van der Waals surface area (Å²) in [5.41, 5.74) is 0. The van der Waals surface area contributed by atoms with E-state index in [0.717, 1.165) is 42.9 Å². The summed E-state index contributed by atoms with van der Waals surface area (Å²) in [6.45, 7) is 10.2. The van der Waals surface area contributed by atoms with Crippen molar-refractivity contribution in [3.05, 3.63) is 12.1 Å². The van der Waals surface area contributed by atoms with Crippen LogP contribution in [0.2, 0.25) is 0 Å². The topological polar surface area (TPSA) is 32.3 Å². The van der Waals surface area contributed by atoms with Gasteiger partial charge in [0.25, 0.3) is 0 Å². The number of anilines is 1. The summed E-state index contributed by atoms with van der Waals surface area (Å²) >= 11 is 1.63. The van der Waals surface area contributed by atoms with Crippen LogP contribution >= 0.6 is 11.8 Å². The van der Waals surface area contributed by atoms with Gasteiger partial charge in [0.2, 0.25) is 0 Å². The first kappa shape index (κ1) is 14.6. The Morgan fingerprint density at radius 1 is 1.16 bits per heavy atom. The highest BCUT2D eigenvalue weighted by molar-refractivity contribution is 7.98. The smallest absolute Gasteiger partial charge is 0.151 e. The van der Waals surface area contributed by atoms with Crippen LogP contribution in [0.4, 0.5) is 5.82 Å². The Hall–Kier alpha value is -0.810. The number of thioether (sulfide) groups is 1. The second-order valence-electron chi connectivity index (χ2n) is 5.45. The monoisotopic (exact) mass is 280 g/mol. The molecule has 0 aliphatic carbocycles. The molecule has 0 atom stereocenters. The van der Waals surface area contributed by atoms with Crippen LogP contribution in [0.3, 0.4) is 0 Å². The number of nitrogens with zero attached hydrogens (tertiary/aromatic N) is 4. The fourth-order valence-corrected chi connectivity index (χ4v) is 2.56. The van der Waals surface area contributed by atoms with Gasteiger partial charge in [0, 0.05) is 26.2 Å². The third-order valence-corrected chi connectivity index (χ3v) is 4.19. The van der Waals surface area contributed by atoms with E-state index in [2.05, 4.69) is 46.0 Å². The molecule has 5 heteroatoms. The maximum atomic E-state index is 4.31. The lowest BCUT2D eigenvalue weighted by molar-refractivity contribution is 0.243. The molecule has 1 saturated heterocycles. The average molecular weight is 280 g/mol. The van der Waals surface area contributed by atoms with Crippen LogP contribution in [-0.4, -0.2) is 54.1 Å². The molecule has 0 amide bonds. The van der Waals surface area contributed by atoms with Crippen LogP contribution in [0.25, 0.3) is 0 Å². The zero-order chi connectivity index (χ0) is 13.7. The number of piperazine rings is 1. The summed E-state index contributed by atoms with van der Waals surface area (Å²) in [5.74, 6) is 1.81. The normalized spacial score (nSPS) is 17.2. The fourth-order valence-electron chi connectivity index (χ4n) is 2.23. The van der Waals surface area contributed by atoms with Crippen LogP contribution < -0.4 is 4.90 Å². The largest absolute Gasteiger partial charge is 0.353 e. The van der Waals surface area contributed by atoms with Crippen LogP contribution in [0.5, 0.6) is 0 Å². The molecule has 2 rings (SSSR count). The summed E-state index contributed by atoms with van der Waals surface area (Å²) in [5, 5.41) is 9.50. The molecule has 19 heavy (non-hydrogen) atoms. The van der Waals surface area contributed by atoms with Crippen LogP contribution in [-0.2, 0) is 0 Å². The van der Waals surface area contributed by atoms with Gasteiger partial charge in [-0.3, -0.25) is 4.90 Å². The Morgan fingerprint density at radius 3 is 2.42 bits per heavy atom. The van der Waals surface area contributed by atoms with Crippen molar-refractivity contribution in [3.63, 3.8) is 0 Å². The zero-order valence-corrected chi connectivity index (χ0v) is 13.0. The van der Waals surface area contributed by atoms with E-state index < -0.39 is 0 Å². The number of hydrogen-bond donors (Lipinski definition) is 0. The fraction of sp³-hybridized carbons (Fsp3) is 0.714. The molecule has 0 bridgehead atoms. The third-order valence-electron chi connectivity index (χ3n) is 3.55. The molecule has 1 aromatic rings. The molecular weight excluding hydrogens is 256 g/mol. The third kappa shape index (κ3) is 4.35. The molecule has 106 valence electrons. The Kier molecular flexibility index (Phi) is 5.45. The van der Waals surface area contributed by atoms with Gasteiger partial charge in [-0.05, 0) is 37.3 Å². The minimum Gasteiger partial charge on any atom is -0.353 e. The SMILES string of the molecule is CSc1ccc(N2CCN(CCC(C)C)CC2)nn1. The van der Waals surface area contributed by atoms with Crippen molar-refractivity contribution in [1.29, 1.82) is 0 Å². The van der Waals surface area contributed by atoms with Crippen molar-refractivity contribution in [2.24, 2.45) is 5.92 Å². The summed E-state index contributed by atoms with van der Waals surface area (Å²) in [4.78, 5) is 4.89. The first-order valence-corrected chi connectivity index (χ1v) is 8.26. The van der Waals surface area contributed by atoms with Gasteiger partial charge >= 0.3 is 0 Å². The van der Waals surface area contributed by atoms with Crippen LogP contribution in [0, 0.1) is 5.92 Å². The first-order valence-electron chi connectivity index (χ1n) is 7.04. The molecule has 0 N–H and O–H groups in total. The van der Waals surface area contributed by atoms with Crippen LogP contribution in [0.1, 0.15) is 20.3 Å². The standard InChI is InChI=1S/C14H24N4S/c1-12(2)6-7-17-8-10-18(11-9-17)13-4-5-14(19-3)16-15-13/h4-5,12H,6-11H2,1-3H3. The van der Waals surface area contributed by atoms with Gasteiger partial charge in [-0.15, -0.1) is 22.0 Å². The van der Waals surface area contributed by atoms with Crippen molar-refractivity contribution in [2.45, 2.75) is 25.3 Å². The molecule has 0 unspecified atom stereocenters. The van der Waals surface area contributed by atoms with E-state index >= 15 is 0 Å². The van der Waals surface area contributed by atoms with E-state index in [9.17, 15) is 0 Å². The zero-order valence-electron chi connectivity index (χ0n) is 12.2. The molecule has 1 aromatic heterocycles. The Balaban J connectivity index is 1.81. The quantitative estimate of drug-likeness (QED) is 0.773. The van der Waals surface area contributed by atoms with E-state index in [-0.39, 0.29) is 0 Å². The van der Waals surface area contributed by atoms with Gasteiger partial charge in [0.1, 0.15) is 5.03 Å². The molecule has 0 radical (unpaired) electrons. The lowest BCUT2D eigenvalue weighted by atomic mass is 10.1. The second-order valence-corrected chi connectivity index (χ2v) is 6.27. The molecule has 0 spiro atoms. The summed E-state index contributed by atoms with van der Waals surface area (Å²) < 4.78 is 0. The van der Waals surface area contributed by atoms with Gasteiger partial charge in [0.05, 0.1) is 0 Å². The highest BCUT2D eigenvalue weighted by Crippen LogP contribution is 2.16. The molecule has 0 saturated carbocycles. The predicted octanol–water partition coefficient (Wildman–Crippen LogP) is 2.37. The average Bonchev–Trinajstić information content (AvgIpc) is 2.46. The molecule has 0 aromatic carbocycles. The number of hydrogen-bond acceptors (Lipinski definition) is 5. The number of aromatic nitrogens is 2. The van der Waals surface area contributed by atoms with Gasteiger partial charge in [-0.25, -0.2) is 0 Å².